The molecule has 1 saturated carbocycles. The van der Waals surface area contributed by atoms with E-state index in [9.17, 15) is 8.42 Å². The van der Waals surface area contributed by atoms with Crippen LogP contribution in [0.25, 0.3) is 11.4 Å². The van der Waals surface area contributed by atoms with E-state index in [-0.39, 0.29) is 0 Å². The van der Waals surface area contributed by atoms with Crippen molar-refractivity contribution >= 4 is 21.8 Å². The van der Waals surface area contributed by atoms with Crippen LogP contribution in [0.2, 0.25) is 0 Å². The Hall–Kier alpha value is -2.20. The molecule has 2 heterocycles. The van der Waals surface area contributed by atoms with E-state index in [4.69, 9.17) is 4.74 Å². The van der Waals surface area contributed by atoms with Crippen molar-refractivity contribution in [3.63, 3.8) is 0 Å². The molecule has 0 atom stereocenters. The highest BCUT2D eigenvalue weighted by Gasteiger charge is 2.28. The Labute approximate surface area is 205 Å². The van der Waals surface area contributed by atoms with Crippen molar-refractivity contribution in [2.45, 2.75) is 54.5 Å². The smallest absolute Gasteiger partial charge is 0.243 e. The molecule has 1 saturated heterocycles. The van der Waals surface area contributed by atoms with Gasteiger partial charge in [0, 0.05) is 30.4 Å². The second-order valence-electron chi connectivity index (χ2n) is 8.87. The van der Waals surface area contributed by atoms with Crippen LogP contribution >= 0.6 is 11.8 Å². The highest BCUT2D eigenvalue weighted by Crippen LogP contribution is 2.38. The monoisotopic (exact) mass is 498 g/mol. The van der Waals surface area contributed by atoms with Crippen molar-refractivity contribution in [1.29, 1.82) is 0 Å². The zero-order valence-corrected chi connectivity index (χ0v) is 21.0. The molecule has 0 amide bonds. The first-order valence-electron chi connectivity index (χ1n) is 11.8. The molecule has 5 rings (SSSR count). The van der Waals surface area contributed by atoms with Crippen LogP contribution in [-0.2, 0) is 20.5 Å². The number of nitrogens with zero attached hydrogens (tertiary/aromatic N) is 4. The standard InChI is InChI=1S/C25H30N4O3S2/c1-19-7-2-3-8-21(19)18-33-25-27-26-24(29(25)22-10-4-5-11-22)20-9-6-12-23(17-20)34(30,31)28-13-15-32-16-14-28/h2-3,6-9,12,17,22H,4-5,10-11,13-16,18H2,1H3. The van der Waals surface area contributed by atoms with Gasteiger partial charge in [0.2, 0.25) is 10.0 Å². The average Bonchev–Trinajstić information content (AvgIpc) is 3.54. The number of aromatic nitrogens is 3. The lowest BCUT2D eigenvalue weighted by Crippen LogP contribution is -2.40. The summed E-state index contributed by atoms with van der Waals surface area (Å²) in [5.41, 5.74) is 3.34. The lowest BCUT2D eigenvalue weighted by molar-refractivity contribution is 0.0730. The Balaban J connectivity index is 1.47. The van der Waals surface area contributed by atoms with Crippen molar-refractivity contribution in [3.05, 3.63) is 59.7 Å². The van der Waals surface area contributed by atoms with E-state index in [0.717, 1.165) is 35.1 Å². The van der Waals surface area contributed by atoms with Gasteiger partial charge < -0.3 is 4.74 Å². The second-order valence-corrected chi connectivity index (χ2v) is 11.8. The summed E-state index contributed by atoms with van der Waals surface area (Å²) < 4.78 is 35.5. The molecular formula is C25H30N4O3S2. The molecule has 3 aromatic rings. The van der Waals surface area contributed by atoms with Crippen LogP contribution in [0.4, 0.5) is 0 Å². The fraction of sp³-hybridized carbons (Fsp3) is 0.440. The maximum atomic E-state index is 13.2. The molecule has 0 spiro atoms. The van der Waals surface area contributed by atoms with Crippen molar-refractivity contribution in [2.24, 2.45) is 0 Å². The van der Waals surface area contributed by atoms with Crippen LogP contribution < -0.4 is 0 Å². The Morgan fingerprint density at radius 3 is 2.56 bits per heavy atom. The van der Waals surface area contributed by atoms with Gasteiger partial charge in [-0.15, -0.1) is 10.2 Å². The summed E-state index contributed by atoms with van der Waals surface area (Å²) in [6, 6.07) is 15.9. The van der Waals surface area contributed by atoms with E-state index >= 15 is 0 Å². The third-order valence-electron chi connectivity index (χ3n) is 6.67. The average molecular weight is 499 g/mol. The summed E-state index contributed by atoms with van der Waals surface area (Å²) in [7, 11) is -3.58. The van der Waals surface area contributed by atoms with Crippen molar-refractivity contribution in [2.75, 3.05) is 26.3 Å². The Morgan fingerprint density at radius 2 is 1.79 bits per heavy atom. The molecule has 1 aliphatic heterocycles. The normalized spacial score (nSPS) is 17.9. The number of hydrogen-bond donors (Lipinski definition) is 0. The van der Waals surface area contributed by atoms with Crippen LogP contribution in [0.3, 0.4) is 0 Å². The molecule has 180 valence electrons. The molecule has 9 heteroatoms. The summed E-state index contributed by atoms with van der Waals surface area (Å²) in [6.07, 6.45) is 4.56. The second kappa shape index (κ2) is 10.2. The van der Waals surface area contributed by atoms with E-state index in [1.807, 2.05) is 6.07 Å². The predicted molar refractivity (Wildman–Crippen MR) is 133 cm³/mol. The van der Waals surface area contributed by atoms with Gasteiger partial charge in [0.05, 0.1) is 18.1 Å². The van der Waals surface area contributed by atoms with E-state index in [1.165, 1.54) is 28.3 Å². The Bertz CT molecular complexity index is 1250. The number of rotatable bonds is 7. The number of ether oxygens (including phenoxy) is 1. The molecule has 1 aromatic heterocycles. The molecule has 0 bridgehead atoms. The van der Waals surface area contributed by atoms with Crippen LogP contribution in [0.15, 0.2) is 58.6 Å². The van der Waals surface area contributed by atoms with E-state index in [1.54, 1.807) is 30.0 Å². The number of morpholine rings is 1. The summed E-state index contributed by atoms with van der Waals surface area (Å²) in [5.74, 6) is 1.57. The summed E-state index contributed by atoms with van der Waals surface area (Å²) in [6.45, 7) is 3.74. The fourth-order valence-electron chi connectivity index (χ4n) is 4.71. The first kappa shape index (κ1) is 23.5. The Morgan fingerprint density at radius 1 is 1.03 bits per heavy atom. The number of aryl methyl sites for hydroxylation is 1. The van der Waals surface area contributed by atoms with Crippen LogP contribution in [0, 0.1) is 6.92 Å². The quantitative estimate of drug-likeness (QED) is 0.440. The lowest BCUT2D eigenvalue weighted by Gasteiger charge is -2.26. The molecule has 2 aliphatic rings. The molecule has 34 heavy (non-hydrogen) atoms. The van der Waals surface area contributed by atoms with Crippen molar-refractivity contribution < 1.29 is 13.2 Å². The van der Waals surface area contributed by atoms with Gasteiger partial charge in [-0.2, -0.15) is 4.31 Å². The highest BCUT2D eigenvalue weighted by atomic mass is 32.2. The third-order valence-corrected chi connectivity index (χ3v) is 9.56. The van der Waals surface area contributed by atoms with Gasteiger partial charge in [-0.3, -0.25) is 4.57 Å². The van der Waals surface area contributed by atoms with Gasteiger partial charge in [-0.25, -0.2) is 8.42 Å². The molecule has 0 N–H and O–H groups in total. The zero-order chi connectivity index (χ0) is 23.5. The molecule has 2 aromatic carbocycles. The van der Waals surface area contributed by atoms with E-state index in [2.05, 4.69) is 46.0 Å². The predicted octanol–water partition coefficient (Wildman–Crippen LogP) is 4.68. The van der Waals surface area contributed by atoms with Crippen molar-refractivity contribution in [3.8, 4) is 11.4 Å². The third kappa shape index (κ3) is 4.79. The van der Waals surface area contributed by atoms with Crippen LogP contribution in [0.1, 0.15) is 42.9 Å². The maximum Gasteiger partial charge on any atom is 0.243 e. The van der Waals surface area contributed by atoms with Gasteiger partial charge in [0.1, 0.15) is 0 Å². The largest absolute Gasteiger partial charge is 0.379 e. The van der Waals surface area contributed by atoms with Gasteiger partial charge in [-0.1, -0.05) is 61.0 Å². The molecule has 1 aliphatic carbocycles. The van der Waals surface area contributed by atoms with Crippen LogP contribution in [0.5, 0.6) is 0 Å². The minimum Gasteiger partial charge on any atom is -0.379 e. The molecule has 7 nitrogen and oxygen atoms in total. The van der Waals surface area contributed by atoms with Gasteiger partial charge in [0.15, 0.2) is 11.0 Å². The first-order chi connectivity index (χ1) is 16.5. The van der Waals surface area contributed by atoms with Gasteiger partial charge in [0.25, 0.3) is 0 Å². The van der Waals surface area contributed by atoms with Gasteiger partial charge >= 0.3 is 0 Å². The minimum absolute atomic E-state index is 0.294. The number of hydrogen-bond acceptors (Lipinski definition) is 6. The minimum atomic E-state index is -3.58. The number of benzene rings is 2. The molecule has 0 radical (unpaired) electrons. The molecular weight excluding hydrogens is 468 g/mol. The lowest BCUT2D eigenvalue weighted by atomic mass is 10.1. The molecule has 0 unspecified atom stereocenters. The first-order valence-corrected chi connectivity index (χ1v) is 14.3. The topological polar surface area (TPSA) is 77.3 Å². The SMILES string of the molecule is Cc1ccccc1CSc1nnc(-c2cccc(S(=O)(=O)N3CCOCC3)c2)n1C1CCCC1. The van der Waals surface area contributed by atoms with Crippen LogP contribution in [-0.4, -0.2) is 53.8 Å². The Kier molecular flexibility index (Phi) is 7.06. The summed E-state index contributed by atoms with van der Waals surface area (Å²) in [5, 5.41) is 10.0. The maximum absolute atomic E-state index is 13.2. The summed E-state index contributed by atoms with van der Waals surface area (Å²) >= 11 is 1.70. The van der Waals surface area contributed by atoms with Crippen molar-refractivity contribution in [1.82, 2.24) is 19.1 Å². The fourth-order valence-corrected chi connectivity index (χ4v) is 7.25. The van der Waals surface area contributed by atoms with Gasteiger partial charge in [-0.05, 0) is 43.0 Å². The highest BCUT2D eigenvalue weighted by molar-refractivity contribution is 7.98. The van der Waals surface area contributed by atoms with E-state index in [0.29, 0.717) is 37.2 Å². The number of sulfonamides is 1. The zero-order valence-electron chi connectivity index (χ0n) is 19.4. The van der Waals surface area contributed by atoms with E-state index < -0.39 is 10.0 Å². The number of thioether (sulfide) groups is 1. The summed E-state index contributed by atoms with van der Waals surface area (Å²) in [4.78, 5) is 0.294. The molecule has 2 fully saturated rings.